The molecule has 0 bridgehead atoms. The topological polar surface area (TPSA) is 90.0 Å². The van der Waals surface area contributed by atoms with Crippen LogP contribution in [0.15, 0.2) is 65.8 Å². The summed E-state index contributed by atoms with van der Waals surface area (Å²) in [4.78, 5) is 23.2. The predicted octanol–water partition coefficient (Wildman–Crippen LogP) is 4.26. The summed E-state index contributed by atoms with van der Waals surface area (Å²) < 4.78 is 50.8. The molecule has 7 nitrogen and oxygen atoms in total. The van der Waals surface area contributed by atoms with Crippen molar-refractivity contribution in [2.24, 2.45) is 10.7 Å². The molecule has 186 valence electrons. The first-order chi connectivity index (χ1) is 17.1. The standard InChI is InChI=1S/C26H23F3N4O3/c1-25(13-15-5-3-6-17(11-15)35-23(28)29)14-26(22(34)33(2)24(30)32-26)19-12-16(8-9-20(19)36-25)18-7-4-10-31-21(18)27/h3-12,23H,13-14H2,1-2H3,(H2,30,32)/t25-,26?/m1/s1. The van der Waals surface area contributed by atoms with Gasteiger partial charge in [-0.15, -0.1) is 0 Å². The van der Waals surface area contributed by atoms with Crippen molar-refractivity contribution in [1.82, 2.24) is 9.88 Å². The third-order valence-electron chi connectivity index (χ3n) is 6.49. The molecule has 0 saturated heterocycles. The highest BCUT2D eigenvalue weighted by Crippen LogP contribution is 2.50. The van der Waals surface area contributed by atoms with Crippen LogP contribution in [0.2, 0.25) is 0 Å². The highest BCUT2D eigenvalue weighted by molar-refractivity contribution is 6.07. The second-order valence-corrected chi connectivity index (χ2v) is 9.18. The molecule has 0 radical (unpaired) electrons. The molecule has 0 saturated carbocycles. The number of aliphatic imine (C=N–C) groups is 1. The zero-order chi connectivity index (χ0) is 25.7. The molecule has 3 heterocycles. The van der Waals surface area contributed by atoms with Crippen LogP contribution < -0.4 is 15.2 Å². The Morgan fingerprint density at radius 2 is 2.00 bits per heavy atom. The van der Waals surface area contributed by atoms with Crippen LogP contribution in [-0.2, 0) is 16.8 Å². The number of nitrogens with zero attached hydrogens (tertiary/aromatic N) is 3. The van der Waals surface area contributed by atoms with Gasteiger partial charge in [-0.05, 0) is 54.4 Å². The number of rotatable bonds is 5. The Labute approximate surface area is 205 Å². The predicted molar refractivity (Wildman–Crippen MR) is 126 cm³/mol. The Bertz CT molecular complexity index is 1380. The van der Waals surface area contributed by atoms with Crippen LogP contribution >= 0.6 is 0 Å². The lowest BCUT2D eigenvalue weighted by Gasteiger charge is -2.43. The van der Waals surface area contributed by atoms with Gasteiger partial charge in [0.1, 0.15) is 17.1 Å². The van der Waals surface area contributed by atoms with Gasteiger partial charge in [0.25, 0.3) is 5.91 Å². The molecule has 0 fully saturated rings. The minimum atomic E-state index is -2.94. The Kier molecular flexibility index (Phi) is 5.61. The average Bonchev–Trinajstić information content (AvgIpc) is 3.02. The van der Waals surface area contributed by atoms with Gasteiger partial charge < -0.3 is 15.2 Å². The molecule has 1 amide bonds. The maximum absolute atomic E-state index is 14.4. The van der Waals surface area contributed by atoms with Crippen LogP contribution in [0.25, 0.3) is 11.1 Å². The van der Waals surface area contributed by atoms with E-state index in [0.29, 0.717) is 22.4 Å². The Balaban J connectivity index is 1.59. The maximum Gasteiger partial charge on any atom is 0.387 e. The molecule has 36 heavy (non-hydrogen) atoms. The van der Waals surface area contributed by atoms with Crippen molar-refractivity contribution < 1.29 is 27.4 Å². The van der Waals surface area contributed by atoms with Gasteiger partial charge in [0, 0.05) is 37.2 Å². The van der Waals surface area contributed by atoms with E-state index in [4.69, 9.17) is 10.5 Å². The monoisotopic (exact) mass is 496 g/mol. The van der Waals surface area contributed by atoms with Gasteiger partial charge in [0.05, 0.1) is 0 Å². The van der Waals surface area contributed by atoms with Crippen molar-refractivity contribution >= 4 is 11.9 Å². The molecule has 3 aromatic rings. The second kappa shape index (κ2) is 8.54. The van der Waals surface area contributed by atoms with E-state index in [1.807, 2.05) is 6.92 Å². The fourth-order valence-electron chi connectivity index (χ4n) is 5.00. The van der Waals surface area contributed by atoms with Gasteiger partial charge in [-0.1, -0.05) is 18.2 Å². The molecule has 2 aromatic carbocycles. The number of carbonyl (C=O) groups excluding carboxylic acids is 1. The Morgan fingerprint density at radius 1 is 1.19 bits per heavy atom. The first kappa shape index (κ1) is 23.7. The van der Waals surface area contributed by atoms with Gasteiger partial charge in [0.15, 0.2) is 11.5 Å². The zero-order valence-corrected chi connectivity index (χ0v) is 19.5. The van der Waals surface area contributed by atoms with Crippen molar-refractivity contribution in [2.45, 2.75) is 37.5 Å². The first-order valence-corrected chi connectivity index (χ1v) is 11.2. The fourth-order valence-corrected chi connectivity index (χ4v) is 5.00. The number of halogens is 3. The summed E-state index contributed by atoms with van der Waals surface area (Å²) in [5.74, 6) is -0.497. The lowest BCUT2D eigenvalue weighted by Crippen LogP contribution is -2.51. The van der Waals surface area contributed by atoms with Crippen molar-refractivity contribution in [3.8, 4) is 22.6 Å². The van der Waals surface area contributed by atoms with E-state index in [1.165, 1.54) is 30.3 Å². The highest BCUT2D eigenvalue weighted by Gasteiger charge is 2.56. The fraction of sp³-hybridized carbons (Fsp3) is 0.269. The summed E-state index contributed by atoms with van der Waals surface area (Å²) in [6.45, 7) is -1.12. The largest absolute Gasteiger partial charge is 0.487 e. The number of benzene rings is 2. The number of aromatic nitrogens is 1. The summed E-state index contributed by atoms with van der Waals surface area (Å²) in [5.41, 5.74) is 5.65. The summed E-state index contributed by atoms with van der Waals surface area (Å²) in [5, 5.41) is 0. The van der Waals surface area contributed by atoms with Crippen molar-refractivity contribution in [2.75, 3.05) is 7.05 Å². The molecule has 2 aliphatic rings. The summed E-state index contributed by atoms with van der Waals surface area (Å²) in [6, 6.07) is 14.6. The molecular formula is C26H23F3N4O3. The lowest BCUT2D eigenvalue weighted by atomic mass is 9.74. The lowest BCUT2D eigenvalue weighted by molar-refractivity contribution is -0.133. The van der Waals surface area contributed by atoms with Crippen LogP contribution in [-0.4, -0.2) is 41.0 Å². The minimum absolute atomic E-state index is 0.0269. The number of carbonyl (C=O) groups is 1. The van der Waals surface area contributed by atoms with E-state index in [9.17, 15) is 18.0 Å². The van der Waals surface area contributed by atoms with Crippen molar-refractivity contribution in [3.05, 3.63) is 77.9 Å². The van der Waals surface area contributed by atoms with Gasteiger partial charge in [-0.2, -0.15) is 13.2 Å². The van der Waals surface area contributed by atoms with E-state index in [-0.39, 0.29) is 36.0 Å². The first-order valence-electron chi connectivity index (χ1n) is 11.2. The molecule has 1 unspecified atom stereocenters. The molecule has 2 aliphatic heterocycles. The van der Waals surface area contributed by atoms with E-state index in [2.05, 4.69) is 14.7 Å². The number of amides is 1. The minimum Gasteiger partial charge on any atom is -0.487 e. The van der Waals surface area contributed by atoms with Crippen LogP contribution in [0, 0.1) is 5.95 Å². The normalized spacial score (nSPS) is 23.0. The van der Waals surface area contributed by atoms with E-state index in [1.54, 1.807) is 42.5 Å². The molecule has 5 rings (SSSR count). The van der Waals surface area contributed by atoms with Crippen LogP contribution in [0.3, 0.4) is 0 Å². The van der Waals surface area contributed by atoms with Crippen molar-refractivity contribution in [1.29, 1.82) is 0 Å². The summed E-state index contributed by atoms with van der Waals surface area (Å²) in [6.07, 6.45) is 1.75. The van der Waals surface area contributed by atoms with Gasteiger partial charge >= 0.3 is 6.61 Å². The van der Waals surface area contributed by atoms with Gasteiger partial charge in [-0.3, -0.25) is 9.69 Å². The molecule has 1 spiro atoms. The summed E-state index contributed by atoms with van der Waals surface area (Å²) in [7, 11) is 1.54. The number of ether oxygens (including phenoxy) is 2. The average molecular weight is 496 g/mol. The summed E-state index contributed by atoms with van der Waals surface area (Å²) >= 11 is 0. The third kappa shape index (κ3) is 4.02. The SMILES string of the molecule is CN1C(=O)C2(C[C@@](C)(Cc3cccc(OC(F)F)c3)Oc3ccc(-c4cccnc4F)cc32)N=C1N. The number of likely N-dealkylation sites (N-methyl/N-ethyl adjacent to an activating group) is 1. The number of pyridine rings is 1. The van der Waals surface area contributed by atoms with Crippen LogP contribution in [0.5, 0.6) is 11.5 Å². The van der Waals surface area contributed by atoms with E-state index in [0.717, 1.165) is 0 Å². The second-order valence-electron chi connectivity index (χ2n) is 9.18. The number of hydrogen-bond acceptors (Lipinski definition) is 6. The van der Waals surface area contributed by atoms with Crippen LogP contribution in [0.1, 0.15) is 24.5 Å². The van der Waals surface area contributed by atoms with E-state index >= 15 is 0 Å². The molecule has 0 aliphatic carbocycles. The zero-order valence-electron chi connectivity index (χ0n) is 19.5. The molecule has 10 heteroatoms. The number of fused-ring (bicyclic) bond motifs is 2. The Morgan fingerprint density at radius 3 is 2.69 bits per heavy atom. The number of nitrogens with two attached hydrogens (primary N) is 1. The van der Waals surface area contributed by atoms with Gasteiger partial charge in [-0.25, -0.2) is 9.98 Å². The molecular weight excluding hydrogens is 473 g/mol. The smallest absolute Gasteiger partial charge is 0.387 e. The third-order valence-corrected chi connectivity index (χ3v) is 6.49. The Hall–Kier alpha value is -4.08. The number of alkyl halides is 2. The van der Waals surface area contributed by atoms with Gasteiger partial charge in [0.2, 0.25) is 5.95 Å². The number of guanidine groups is 1. The highest BCUT2D eigenvalue weighted by atomic mass is 19.3. The maximum atomic E-state index is 14.4. The quantitative estimate of drug-likeness (QED) is 0.534. The molecule has 1 aromatic heterocycles. The van der Waals surface area contributed by atoms with Crippen LogP contribution in [0.4, 0.5) is 13.2 Å². The van der Waals surface area contributed by atoms with E-state index < -0.39 is 23.7 Å². The molecule has 2 N–H and O–H groups in total. The number of hydrogen-bond donors (Lipinski definition) is 1. The van der Waals surface area contributed by atoms with Crippen molar-refractivity contribution in [3.63, 3.8) is 0 Å². The molecule has 2 atom stereocenters.